The zero-order chi connectivity index (χ0) is 15.8. The van der Waals surface area contributed by atoms with Gasteiger partial charge in [0.25, 0.3) is 0 Å². The van der Waals surface area contributed by atoms with Gasteiger partial charge in [-0.2, -0.15) is 10.5 Å². The molecule has 0 heterocycles. The van der Waals surface area contributed by atoms with E-state index >= 15 is 0 Å². The lowest BCUT2D eigenvalue weighted by atomic mass is 10.2. The highest BCUT2D eigenvalue weighted by atomic mass is 79.9. The van der Waals surface area contributed by atoms with Crippen molar-refractivity contribution in [3.05, 3.63) is 68.7 Å². The van der Waals surface area contributed by atoms with E-state index in [4.69, 9.17) is 33.7 Å². The molecule has 0 aromatic heterocycles. The van der Waals surface area contributed by atoms with Crippen molar-refractivity contribution in [2.75, 3.05) is 0 Å². The number of aryl methyl sites for hydroxylation is 1. The Morgan fingerprint density at radius 1 is 0.952 bits per heavy atom. The minimum atomic E-state index is 0.597. The van der Waals surface area contributed by atoms with Crippen LogP contribution < -0.4 is 0 Å². The topological polar surface area (TPSA) is 47.6 Å². The van der Waals surface area contributed by atoms with Gasteiger partial charge in [0.2, 0.25) is 0 Å². The van der Waals surface area contributed by atoms with Gasteiger partial charge in [0.05, 0.1) is 23.3 Å². The van der Waals surface area contributed by atoms with Crippen LogP contribution in [-0.4, -0.2) is 0 Å². The Bertz CT molecular complexity index is 715. The van der Waals surface area contributed by atoms with E-state index in [1.807, 2.05) is 31.2 Å². The predicted octanol–water partition coefficient (Wildman–Crippen LogP) is 5.63. The molecule has 0 aliphatic heterocycles. The summed E-state index contributed by atoms with van der Waals surface area (Å²) in [4.78, 5) is 0. The molecule has 0 N–H and O–H groups in total. The first kappa shape index (κ1) is 17.5. The van der Waals surface area contributed by atoms with Crippen LogP contribution >= 0.6 is 39.1 Å². The molecule has 0 radical (unpaired) electrons. The maximum absolute atomic E-state index is 8.51. The number of rotatable bonds is 1. The van der Waals surface area contributed by atoms with Gasteiger partial charge in [-0.15, -0.1) is 0 Å². The summed E-state index contributed by atoms with van der Waals surface area (Å²) in [6.45, 7) is 1.91. The van der Waals surface area contributed by atoms with Gasteiger partial charge < -0.3 is 0 Å². The van der Waals surface area contributed by atoms with Crippen LogP contribution in [0.25, 0.3) is 0 Å². The third-order valence-corrected chi connectivity index (χ3v) is 3.99. The standard InChI is InChI=1S/C8H5BrClN.C8H6ClN/c9-4-7-2-1-6(5-11)3-8(7)10;1-6-2-3-7(5-10)4-8(6)9/h1-3H,4H2;2-4H,1H3. The molecule has 0 bridgehead atoms. The first-order valence-electron chi connectivity index (χ1n) is 5.92. The fourth-order valence-corrected chi connectivity index (χ4v) is 2.47. The summed E-state index contributed by atoms with van der Waals surface area (Å²) in [7, 11) is 0. The molecule has 2 aromatic carbocycles. The predicted molar refractivity (Wildman–Crippen MR) is 89.7 cm³/mol. The summed E-state index contributed by atoms with van der Waals surface area (Å²) in [5.74, 6) is 0. The van der Waals surface area contributed by atoms with E-state index in [1.54, 1.807) is 24.3 Å². The van der Waals surface area contributed by atoms with Gasteiger partial charge in [0.1, 0.15) is 0 Å². The van der Waals surface area contributed by atoms with E-state index in [-0.39, 0.29) is 0 Å². The smallest absolute Gasteiger partial charge is 0.0992 e. The van der Waals surface area contributed by atoms with Gasteiger partial charge in [0.15, 0.2) is 0 Å². The first-order valence-corrected chi connectivity index (χ1v) is 7.80. The first-order chi connectivity index (χ1) is 10.0. The zero-order valence-corrected chi connectivity index (χ0v) is 14.3. The monoisotopic (exact) mass is 380 g/mol. The third kappa shape index (κ3) is 5.40. The lowest BCUT2D eigenvalue weighted by Crippen LogP contribution is -1.81. The second kappa shape index (κ2) is 8.70. The van der Waals surface area contributed by atoms with Crippen LogP contribution in [-0.2, 0) is 5.33 Å². The molecule has 0 amide bonds. The Morgan fingerprint density at radius 3 is 1.90 bits per heavy atom. The number of alkyl halides is 1. The van der Waals surface area contributed by atoms with Gasteiger partial charge in [-0.3, -0.25) is 0 Å². The number of benzene rings is 2. The van der Waals surface area contributed by atoms with Crippen molar-refractivity contribution >= 4 is 39.1 Å². The molecule has 2 nitrogen and oxygen atoms in total. The van der Waals surface area contributed by atoms with Crippen molar-refractivity contribution in [1.82, 2.24) is 0 Å². The quantitative estimate of drug-likeness (QED) is 0.601. The fourth-order valence-electron chi connectivity index (χ4n) is 1.39. The summed E-state index contributed by atoms with van der Waals surface area (Å²) in [6.07, 6.45) is 0. The van der Waals surface area contributed by atoms with Crippen LogP contribution in [0, 0.1) is 29.6 Å². The molecule has 2 rings (SSSR count). The van der Waals surface area contributed by atoms with Crippen molar-refractivity contribution in [3.8, 4) is 12.1 Å². The molecule has 0 atom stereocenters. The maximum atomic E-state index is 8.51. The second-order valence-electron chi connectivity index (χ2n) is 4.13. The van der Waals surface area contributed by atoms with Gasteiger partial charge in [-0.05, 0) is 42.3 Å². The van der Waals surface area contributed by atoms with E-state index in [1.165, 1.54) is 0 Å². The molecule has 0 saturated carbocycles. The van der Waals surface area contributed by atoms with Crippen molar-refractivity contribution < 1.29 is 0 Å². The summed E-state index contributed by atoms with van der Waals surface area (Å²) >= 11 is 14.9. The van der Waals surface area contributed by atoms with Gasteiger partial charge in [-0.1, -0.05) is 51.3 Å². The van der Waals surface area contributed by atoms with Gasteiger partial charge >= 0.3 is 0 Å². The Hall–Kier alpha value is -1.52. The van der Waals surface area contributed by atoms with Crippen LogP contribution in [0.5, 0.6) is 0 Å². The van der Waals surface area contributed by atoms with Crippen LogP contribution in [0.15, 0.2) is 36.4 Å². The van der Waals surface area contributed by atoms with E-state index in [0.717, 1.165) is 16.5 Å². The van der Waals surface area contributed by atoms with Crippen LogP contribution in [0.3, 0.4) is 0 Å². The maximum Gasteiger partial charge on any atom is 0.0992 e. The molecule has 106 valence electrons. The second-order valence-corrected chi connectivity index (χ2v) is 5.50. The lowest BCUT2D eigenvalue weighted by Gasteiger charge is -1.97. The normalized spacial score (nSPS) is 9.05. The van der Waals surface area contributed by atoms with E-state index in [0.29, 0.717) is 21.2 Å². The van der Waals surface area contributed by atoms with Crippen LogP contribution in [0.4, 0.5) is 0 Å². The summed E-state index contributed by atoms with van der Waals surface area (Å²) < 4.78 is 0. The summed E-state index contributed by atoms with van der Waals surface area (Å²) in [6, 6.07) is 14.5. The highest BCUT2D eigenvalue weighted by molar-refractivity contribution is 9.08. The Kier molecular flexibility index (Phi) is 7.26. The molecule has 0 fully saturated rings. The van der Waals surface area contributed by atoms with Crippen molar-refractivity contribution in [1.29, 1.82) is 10.5 Å². The molecule has 5 heteroatoms. The lowest BCUT2D eigenvalue weighted by molar-refractivity contribution is 1.41. The molecule has 21 heavy (non-hydrogen) atoms. The largest absolute Gasteiger partial charge is 0.192 e. The zero-order valence-electron chi connectivity index (χ0n) is 11.2. The molecule has 0 saturated heterocycles. The van der Waals surface area contributed by atoms with Crippen LogP contribution in [0.1, 0.15) is 22.3 Å². The number of nitriles is 2. The minimum Gasteiger partial charge on any atom is -0.192 e. The SMILES string of the molecule is Cc1ccc(C#N)cc1Cl.N#Cc1ccc(CBr)c(Cl)c1. The van der Waals surface area contributed by atoms with Crippen molar-refractivity contribution in [3.63, 3.8) is 0 Å². The van der Waals surface area contributed by atoms with Crippen molar-refractivity contribution in [2.24, 2.45) is 0 Å². The Labute approximate surface area is 142 Å². The Morgan fingerprint density at radius 2 is 1.48 bits per heavy atom. The average Bonchev–Trinajstić information content (AvgIpc) is 2.50. The molecule has 0 aliphatic carbocycles. The van der Waals surface area contributed by atoms with Crippen LogP contribution in [0.2, 0.25) is 10.0 Å². The molecule has 0 unspecified atom stereocenters. The number of hydrogen-bond donors (Lipinski definition) is 0. The Balaban J connectivity index is 0.000000211. The van der Waals surface area contributed by atoms with Gasteiger partial charge in [0, 0.05) is 15.4 Å². The highest BCUT2D eigenvalue weighted by Crippen LogP contribution is 2.19. The molecule has 0 spiro atoms. The van der Waals surface area contributed by atoms with Crippen molar-refractivity contribution in [2.45, 2.75) is 12.3 Å². The number of halogens is 3. The fraction of sp³-hybridized carbons (Fsp3) is 0.125. The molecular formula is C16H11BrCl2N2. The van der Waals surface area contributed by atoms with E-state index in [9.17, 15) is 0 Å². The average molecular weight is 382 g/mol. The van der Waals surface area contributed by atoms with E-state index in [2.05, 4.69) is 15.9 Å². The number of hydrogen-bond acceptors (Lipinski definition) is 2. The molecular weight excluding hydrogens is 371 g/mol. The molecule has 0 aliphatic rings. The summed E-state index contributed by atoms with van der Waals surface area (Å²) in [5.41, 5.74) is 3.21. The van der Waals surface area contributed by atoms with E-state index < -0.39 is 0 Å². The summed E-state index contributed by atoms with van der Waals surface area (Å²) in [5, 5.41) is 19.0. The minimum absolute atomic E-state index is 0.597. The molecule has 2 aromatic rings. The van der Waals surface area contributed by atoms with Gasteiger partial charge in [-0.25, -0.2) is 0 Å². The highest BCUT2D eigenvalue weighted by Gasteiger charge is 1.98. The number of nitrogens with zero attached hydrogens (tertiary/aromatic N) is 2. The third-order valence-electron chi connectivity index (χ3n) is 2.63.